The molecule has 0 saturated heterocycles. The Bertz CT molecular complexity index is 122. The van der Waals surface area contributed by atoms with E-state index in [2.05, 4.69) is 12.6 Å². The smallest absolute Gasteiger partial charge is 0.233 e. The van der Waals surface area contributed by atoms with Crippen LogP contribution in [0.1, 0.15) is 20.8 Å². The predicted molar refractivity (Wildman–Crippen MR) is 47.5 cm³/mol. The molecule has 0 saturated carbocycles. The van der Waals surface area contributed by atoms with Crippen molar-refractivity contribution < 1.29 is 9.63 Å². The highest BCUT2D eigenvalue weighted by Gasteiger charge is 2.14. The lowest BCUT2D eigenvalue weighted by atomic mass is 10.2. The van der Waals surface area contributed by atoms with Crippen LogP contribution in [-0.4, -0.2) is 29.4 Å². The maximum absolute atomic E-state index is 10.3. The van der Waals surface area contributed by atoms with Crippen LogP contribution in [0.3, 0.4) is 0 Å². The van der Waals surface area contributed by atoms with Gasteiger partial charge in [0.25, 0.3) is 0 Å². The van der Waals surface area contributed by atoms with Gasteiger partial charge in [0.05, 0.1) is 12.1 Å². The van der Waals surface area contributed by atoms with E-state index in [-0.39, 0.29) is 5.60 Å². The third-order valence-corrected chi connectivity index (χ3v) is 1.03. The van der Waals surface area contributed by atoms with E-state index >= 15 is 0 Å². The molecule has 4 heteroatoms. The van der Waals surface area contributed by atoms with Gasteiger partial charge in [-0.2, -0.15) is 12.6 Å². The van der Waals surface area contributed by atoms with Crippen LogP contribution in [0.25, 0.3) is 0 Å². The van der Waals surface area contributed by atoms with Crippen molar-refractivity contribution in [2.45, 2.75) is 26.4 Å². The van der Waals surface area contributed by atoms with E-state index < -0.39 is 0 Å². The number of amides is 1. The third kappa shape index (κ3) is 6.19. The normalized spacial score (nSPS) is 11.3. The Morgan fingerprint density at radius 1 is 1.55 bits per heavy atom. The van der Waals surface area contributed by atoms with Gasteiger partial charge in [0, 0.05) is 5.75 Å². The summed E-state index contributed by atoms with van der Waals surface area (Å²) in [4.78, 5) is 15.6. The molecule has 0 N–H and O–H groups in total. The number of carbonyl (C=O) groups is 1. The molecular weight excluding hydrogens is 162 g/mol. The summed E-state index contributed by atoms with van der Waals surface area (Å²) in [6, 6.07) is 0. The Morgan fingerprint density at radius 2 is 2.09 bits per heavy atom. The average Bonchev–Trinajstić information content (AvgIpc) is 1.84. The average molecular weight is 177 g/mol. The monoisotopic (exact) mass is 177 g/mol. The Morgan fingerprint density at radius 3 is 2.36 bits per heavy atom. The molecule has 1 amide bonds. The van der Waals surface area contributed by atoms with Crippen LogP contribution >= 0.6 is 12.6 Å². The highest BCUT2D eigenvalue weighted by molar-refractivity contribution is 7.80. The molecule has 0 aromatic rings. The van der Waals surface area contributed by atoms with Crippen molar-refractivity contribution in [3.63, 3.8) is 0 Å². The molecule has 0 atom stereocenters. The molecule has 0 radical (unpaired) electrons. The predicted octanol–water partition coefficient (Wildman–Crippen LogP) is 1.10. The van der Waals surface area contributed by atoms with E-state index in [1.165, 1.54) is 5.06 Å². The summed E-state index contributed by atoms with van der Waals surface area (Å²) >= 11 is 3.98. The Labute approximate surface area is 73.1 Å². The van der Waals surface area contributed by atoms with Crippen molar-refractivity contribution in [2.24, 2.45) is 0 Å². The number of nitrogens with zero attached hydrogens (tertiary/aromatic N) is 1. The van der Waals surface area contributed by atoms with Crippen molar-refractivity contribution in [3.05, 3.63) is 0 Å². The van der Waals surface area contributed by atoms with Gasteiger partial charge in [0.2, 0.25) is 6.41 Å². The van der Waals surface area contributed by atoms with Gasteiger partial charge in [-0.05, 0) is 20.8 Å². The minimum absolute atomic E-state index is 0.316. The van der Waals surface area contributed by atoms with Crippen LogP contribution in [0.4, 0.5) is 0 Å². The van der Waals surface area contributed by atoms with Crippen molar-refractivity contribution in [1.29, 1.82) is 0 Å². The van der Waals surface area contributed by atoms with Crippen molar-refractivity contribution >= 4 is 19.0 Å². The van der Waals surface area contributed by atoms with Crippen molar-refractivity contribution in [2.75, 3.05) is 12.3 Å². The second-order valence-corrected chi connectivity index (χ2v) is 3.62. The minimum Gasteiger partial charge on any atom is -0.276 e. The fraction of sp³-hybridized carbons (Fsp3) is 0.857. The van der Waals surface area contributed by atoms with Gasteiger partial charge in [-0.15, -0.1) is 0 Å². The van der Waals surface area contributed by atoms with Crippen LogP contribution in [0, 0.1) is 0 Å². The van der Waals surface area contributed by atoms with Crippen LogP contribution in [0.5, 0.6) is 0 Å². The lowest BCUT2D eigenvalue weighted by Gasteiger charge is -2.25. The molecule has 0 aliphatic rings. The maximum atomic E-state index is 10.3. The molecule has 3 nitrogen and oxygen atoms in total. The van der Waals surface area contributed by atoms with Gasteiger partial charge in [0.1, 0.15) is 0 Å². The highest BCUT2D eigenvalue weighted by atomic mass is 32.1. The van der Waals surface area contributed by atoms with Gasteiger partial charge in [-0.1, -0.05) is 0 Å². The summed E-state index contributed by atoms with van der Waals surface area (Å²) in [6.07, 6.45) is 0.668. The third-order valence-electron chi connectivity index (χ3n) is 0.829. The molecule has 0 rings (SSSR count). The van der Waals surface area contributed by atoms with Gasteiger partial charge < -0.3 is 0 Å². The van der Waals surface area contributed by atoms with Gasteiger partial charge in [0.15, 0.2) is 0 Å². The Balaban J connectivity index is 3.77. The zero-order valence-electron chi connectivity index (χ0n) is 7.20. The number of carbonyl (C=O) groups excluding carboxylic acids is 1. The second kappa shape index (κ2) is 4.62. The molecule has 0 aromatic carbocycles. The van der Waals surface area contributed by atoms with Crippen molar-refractivity contribution in [3.8, 4) is 0 Å². The Kier molecular flexibility index (Phi) is 4.52. The first-order valence-corrected chi connectivity index (χ1v) is 4.15. The lowest BCUT2D eigenvalue weighted by Crippen LogP contribution is -2.34. The quantitative estimate of drug-likeness (QED) is 0.396. The van der Waals surface area contributed by atoms with Gasteiger partial charge in [-0.25, -0.2) is 5.06 Å². The Hall–Kier alpha value is -0.220. The van der Waals surface area contributed by atoms with E-state index in [9.17, 15) is 4.79 Å². The number of hydroxylamine groups is 2. The molecule has 0 heterocycles. The molecule has 0 aliphatic heterocycles. The van der Waals surface area contributed by atoms with E-state index in [1.807, 2.05) is 20.8 Å². The summed E-state index contributed by atoms with van der Waals surface area (Å²) < 4.78 is 0. The molecule has 0 bridgehead atoms. The standard InChI is InChI=1S/C7H15NO2S/c1-7(2,3)10-8(6-9)4-5-11/h6,11H,4-5H2,1-3H3. The first-order valence-electron chi connectivity index (χ1n) is 3.51. The molecule has 0 fully saturated rings. The van der Waals surface area contributed by atoms with E-state index in [4.69, 9.17) is 4.84 Å². The van der Waals surface area contributed by atoms with E-state index in [0.29, 0.717) is 18.7 Å². The van der Waals surface area contributed by atoms with E-state index in [1.54, 1.807) is 0 Å². The SMILES string of the molecule is CC(C)(C)ON(C=O)CCS. The number of thiol groups is 1. The summed E-state index contributed by atoms with van der Waals surface area (Å²) in [5.41, 5.74) is -0.316. The topological polar surface area (TPSA) is 29.5 Å². The zero-order valence-corrected chi connectivity index (χ0v) is 8.10. The molecule has 0 aliphatic carbocycles. The molecule has 66 valence electrons. The number of hydrogen-bond acceptors (Lipinski definition) is 3. The first kappa shape index (κ1) is 10.8. The maximum Gasteiger partial charge on any atom is 0.233 e. The van der Waals surface area contributed by atoms with Gasteiger partial charge >= 0.3 is 0 Å². The van der Waals surface area contributed by atoms with Crippen molar-refractivity contribution in [1.82, 2.24) is 5.06 Å². The van der Waals surface area contributed by atoms with Gasteiger partial charge in [-0.3, -0.25) is 9.63 Å². The first-order chi connectivity index (χ1) is 4.99. The fourth-order valence-corrected chi connectivity index (χ4v) is 0.767. The minimum atomic E-state index is -0.316. The highest BCUT2D eigenvalue weighted by Crippen LogP contribution is 2.08. The molecular formula is C7H15NO2S. The van der Waals surface area contributed by atoms with Crippen LogP contribution in [0.15, 0.2) is 0 Å². The largest absolute Gasteiger partial charge is 0.276 e. The summed E-state index contributed by atoms with van der Waals surface area (Å²) in [5.74, 6) is 0.606. The lowest BCUT2D eigenvalue weighted by molar-refractivity contribution is -0.213. The summed E-state index contributed by atoms with van der Waals surface area (Å²) in [6.45, 7) is 6.19. The summed E-state index contributed by atoms with van der Waals surface area (Å²) in [5, 5.41) is 1.26. The van der Waals surface area contributed by atoms with E-state index in [0.717, 1.165) is 0 Å². The molecule has 11 heavy (non-hydrogen) atoms. The molecule has 0 aromatic heterocycles. The van der Waals surface area contributed by atoms with Crippen LogP contribution < -0.4 is 0 Å². The summed E-state index contributed by atoms with van der Waals surface area (Å²) in [7, 11) is 0. The van der Waals surface area contributed by atoms with Crippen LogP contribution in [0.2, 0.25) is 0 Å². The number of hydrogen-bond donors (Lipinski definition) is 1. The molecule has 0 spiro atoms. The van der Waals surface area contributed by atoms with Crippen LogP contribution in [-0.2, 0) is 9.63 Å². The molecule has 0 unspecified atom stereocenters. The fourth-order valence-electron chi connectivity index (χ4n) is 0.570. The zero-order chi connectivity index (χ0) is 8.91. The second-order valence-electron chi connectivity index (χ2n) is 3.17. The number of rotatable bonds is 4.